The Kier molecular flexibility index (Phi) is 6.17. The van der Waals surface area contributed by atoms with Gasteiger partial charge in [0, 0.05) is 39.8 Å². The molecule has 3 fully saturated rings. The Bertz CT molecular complexity index is 386. The maximum absolute atomic E-state index is 5.39. The zero-order chi connectivity index (χ0) is 16.0. The first-order valence-electron chi connectivity index (χ1n) is 9.57. The number of rotatable bonds is 5. The van der Waals surface area contributed by atoms with Gasteiger partial charge in [0.25, 0.3) is 0 Å². The van der Waals surface area contributed by atoms with Gasteiger partial charge in [-0.1, -0.05) is 12.8 Å². The second-order valence-corrected chi connectivity index (χ2v) is 7.51. The average Bonchev–Trinajstić information content (AvgIpc) is 3.22. The summed E-state index contributed by atoms with van der Waals surface area (Å²) >= 11 is 0. The van der Waals surface area contributed by atoms with E-state index in [1.54, 1.807) is 0 Å². The van der Waals surface area contributed by atoms with Crippen LogP contribution < -0.4 is 5.32 Å². The van der Waals surface area contributed by atoms with Gasteiger partial charge in [-0.05, 0) is 44.1 Å². The van der Waals surface area contributed by atoms with E-state index in [0.29, 0.717) is 5.41 Å². The van der Waals surface area contributed by atoms with Crippen LogP contribution in [0, 0.1) is 5.41 Å². The number of unbranched alkanes of at least 4 members (excludes halogenated alkanes) is 1. The second-order valence-electron chi connectivity index (χ2n) is 7.51. The van der Waals surface area contributed by atoms with E-state index in [4.69, 9.17) is 4.74 Å². The first-order chi connectivity index (χ1) is 11.3. The Balaban J connectivity index is 1.32. The summed E-state index contributed by atoms with van der Waals surface area (Å²) in [6.07, 6.45) is 9.57. The molecule has 5 nitrogen and oxygen atoms in total. The lowest BCUT2D eigenvalue weighted by molar-refractivity contribution is 0.0372. The minimum Gasteiger partial charge on any atom is -0.379 e. The predicted octanol–water partition coefficient (Wildman–Crippen LogP) is 1.94. The van der Waals surface area contributed by atoms with Gasteiger partial charge < -0.3 is 15.0 Å². The van der Waals surface area contributed by atoms with E-state index in [2.05, 4.69) is 20.1 Å². The lowest BCUT2D eigenvalue weighted by Crippen LogP contribution is -2.41. The summed E-state index contributed by atoms with van der Waals surface area (Å²) < 4.78 is 5.39. The van der Waals surface area contributed by atoms with Crippen LogP contribution in [0.2, 0.25) is 0 Å². The molecule has 2 aliphatic heterocycles. The van der Waals surface area contributed by atoms with Crippen molar-refractivity contribution in [2.24, 2.45) is 10.4 Å². The van der Waals surface area contributed by atoms with E-state index < -0.39 is 0 Å². The quantitative estimate of drug-likeness (QED) is 0.477. The van der Waals surface area contributed by atoms with Crippen molar-refractivity contribution in [3.63, 3.8) is 0 Å². The van der Waals surface area contributed by atoms with Crippen molar-refractivity contribution in [3.8, 4) is 0 Å². The van der Waals surface area contributed by atoms with Gasteiger partial charge in [0.15, 0.2) is 5.96 Å². The summed E-state index contributed by atoms with van der Waals surface area (Å²) in [5.74, 6) is 1.13. The number of likely N-dealkylation sites (tertiary alicyclic amines) is 1. The van der Waals surface area contributed by atoms with Gasteiger partial charge >= 0.3 is 0 Å². The third-order valence-corrected chi connectivity index (χ3v) is 5.90. The molecule has 0 amide bonds. The monoisotopic (exact) mass is 322 g/mol. The molecule has 0 atom stereocenters. The standard InChI is InChI=1S/C18H34N4O/c1-19-17(22-11-8-18(16-22)6-2-3-7-18)20-9-4-5-10-21-12-14-23-15-13-21/h2-16H2,1H3,(H,19,20). The highest BCUT2D eigenvalue weighted by atomic mass is 16.5. The van der Waals surface area contributed by atoms with Crippen molar-refractivity contribution in [3.05, 3.63) is 0 Å². The van der Waals surface area contributed by atoms with Crippen molar-refractivity contribution in [2.45, 2.75) is 44.9 Å². The fourth-order valence-corrected chi connectivity index (χ4v) is 4.47. The molecule has 0 aromatic heterocycles. The third kappa shape index (κ3) is 4.60. The lowest BCUT2D eigenvalue weighted by Gasteiger charge is -2.27. The lowest BCUT2D eigenvalue weighted by atomic mass is 9.86. The van der Waals surface area contributed by atoms with E-state index in [9.17, 15) is 0 Å². The average molecular weight is 322 g/mol. The van der Waals surface area contributed by atoms with Crippen molar-refractivity contribution in [1.82, 2.24) is 15.1 Å². The largest absolute Gasteiger partial charge is 0.379 e. The Morgan fingerprint density at radius 1 is 1.09 bits per heavy atom. The van der Waals surface area contributed by atoms with Gasteiger partial charge in [0.05, 0.1) is 13.2 Å². The molecule has 3 rings (SSSR count). The summed E-state index contributed by atoms with van der Waals surface area (Å²) in [6, 6.07) is 0. The Labute approximate surface area is 141 Å². The third-order valence-electron chi connectivity index (χ3n) is 5.90. The molecule has 1 saturated carbocycles. The van der Waals surface area contributed by atoms with Crippen LogP contribution in [0.1, 0.15) is 44.9 Å². The van der Waals surface area contributed by atoms with Crippen LogP contribution in [-0.4, -0.2) is 75.3 Å². The summed E-state index contributed by atoms with van der Waals surface area (Å²) in [5.41, 5.74) is 0.619. The highest BCUT2D eigenvalue weighted by Gasteiger charge is 2.40. The van der Waals surface area contributed by atoms with Gasteiger partial charge in [-0.3, -0.25) is 9.89 Å². The normalized spacial score (nSPS) is 25.4. The van der Waals surface area contributed by atoms with Crippen LogP contribution in [0.4, 0.5) is 0 Å². The number of ether oxygens (including phenoxy) is 1. The number of hydrogen-bond acceptors (Lipinski definition) is 3. The van der Waals surface area contributed by atoms with Gasteiger partial charge in [-0.25, -0.2) is 0 Å². The van der Waals surface area contributed by atoms with Gasteiger partial charge in [0.2, 0.25) is 0 Å². The smallest absolute Gasteiger partial charge is 0.193 e. The molecular formula is C18H34N4O. The fourth-order valence-electron chi connectivity index (χ4n) is 4.47. The van der Waals surface area contributed by atoms with Crippen LogP contribution in [0.3, 0.4) is 0 Å². The van der Waals surface area contributed by atoms with E-state index in [1.807, 2.05) is 7.05 Å². The van der Waals surface area contributed by atoms with Gasteiger partial charge in [0.1, 0.15) is 0 Å². The van der Waals surface area contributed by atoms with Crippen LogP contribution in [0.15, 0.2) is 4.99 Å². The number of guanidine groups is 1. The molecule has 1 N–H and O–H groups in total. The second kappa shape index (κ2) is 8.34. The minimum atomic E-state index is 0.619. The minimum absolute atomic E-state index is 0.619. The molecule has 23 heavy (non-hydrogen) atoms. The summed E-state index contributed by atoms with van der Waals surface area (Å²) in [4.78, 5) is 9.53. The molecule has 1 spiro atoms. The van der Waals surface area contributed by atoms with E-state index in [-0.39, 0.29) is 0 Å². The van der Waals surface area contributed by atoms with E-state index in [0.717, 1.165) is 38.8 Å². The number of aliphatic imine (C=N–C) groups is 1. The van der Waals surface area contributed by atoms with E-state index >= 15 is 0 Å². The Morgan fingerprint density at radius 2 is 1.87 bits per heavy atom. The maximum Gasteiger partial charge on any atom is 0.193 e. The molecule has 2 heterocycles. The summed E-state index contributed by atoms with van der Waals surface area (Å²) in [5, 5.41) is 3.59. The van der Waals surface area contributed by atoms with Crippen molar-refractivity contribution in [2.75, 3.05) is 59.5 Å². The number of hydrogen-bond donors (Lipinski definition) is 1. The number of morpholine rings is 1. The van der Waals surface area contributed by atoms with Crippen molar-refractivity contribution >= 4 is 5.96 Å². The molecule has 0 radical (unpaired) electrons. The molecule has 3 aliphatic rings. The Hall–Kier alpha value is -0.810. The predicted molar refractivity (Wildman–Crippen MR) is 94.9 cm³/mol. The molecule has 132 valence electrons. The fraction of sp³-hybridized carbons (Fsp3) is 0.944. The van der Waals surface area contributed by atoms with Crippen LogP contribution in [0.25, 0.3) is 0 Å². The van der Waals surface area contributed by atoms with Crippen LogP contribution in [-0.2, 0) is 4.74 Å². The molecular weight excluding hydrogens is 288 g/mol. The highest BCUT2D eigenvalue weighted by molar-refractivity contribution is 5.80. The molecule has 0 aromatic carbocycles. The van der Waals surface area contributed by atoms with Gasteiger partial charge in [-0.2, -0.15) is 0 Å². The topological polar surface area (TPSA) is 40.1 Å². The summed E-state index contributed by atoms with van der Waals surface area (Å²) in [7, 11) is 1.93. The van der Waals surface area contributed by atoms with Crippen molar-refractivity contribution < 1.29 is 4.74 Å². The Morgan fingerprint density at radius 3 is 2.61 bits per heavy atom. The molecule has 2 saturated heterocycles. The molecule has 1 aliphatic carbocycles. The number of nitrogens with zero attached hydrogens (tertiary/aromatic N) is 3. The molecule has 0 bridgehead atoms. The molecule has 0 unspecified atom stereocenters. The first-order valence-corrected chi connectivity index (χ1v) is 9.57. The molecule has 0 aromatic rings. The summed E-state index contributed by atoms with van der Waals surface area (Å²) in [6.45, 7) is 8.67. The molecule has 5 heteroatoms. The van der Waals surface area contributed by atoms with Crippen molar-refractivity contribution in [1.29, 1.82) is 0 Å². The zero-order valence-electron chi connectivity index (χ0n) is 14.9. The first kappa shape index (κ1) is 17.0. The number of nitrogens with one attached hydrogen (secondary N) is 1. The SMILES string of the molecule is CN=C(NCCCCN1CCOCC1)N1CCC2(CCCC2)C1. The maximum atomic E-state index is 5.39. The van der Waals surface area contributed by atoms with Crippen LogP contribution >= 0.6 is 0 Å². The highest BCUT2D eigenvalue weighted by Crippen LogP contribution is 2.45. The van der Waals surface area contributed by atoms with E-state index in [1.165, 1.54) is 64.6 Å². The van der Waals surface area contributed by atoms with Gasteiger partial charge in [-0.15, -0.1) is 0 Å². The van der Waals surface area contributed by atoms with Crippen LogP contribution in [0.5, 0.6) is 0 Å². The zero-order valence-corrected chi connectivity index (χ0v) is 14.9.